The zero-order valence-corrected chi connectivity index (χ0v) is 18.1. The lowest BCUT2D eigenvalue weighted by molar-refractivity contribution is -0.122. The molecule has 0 bridgehead atoms. The normalized spacial score (nSPS) is 12.3. The Kier molecular flexibility index (Phi) is 7.57. The Morgan fingerprint density at radius 1 is 1.14 bits per heavy atom. The first-order valence-corrected chi connectivity index (χ1v) is 11.2. The van der Waals surface area contributed by atoms with Gasteiger partial charge in [0, 0.05) is 6.54 Å². The van der Waals surface area contributed by atoms with E-state index in [1.165, 1.54) is 25.1 Å². The van der Waals surface area contributed by atoms with Gasteiger partial charge in [-0.2, -0.15) is 0 Å². The molecule has 0 fully saturated rings. The second kappa shape index (κ2) is 9.49. The monoisotopic (exact) mass is 444 g/mol. The molecule has 0 aliphatic carbocycles. The van der Waals surface area contributed by atoms with E-state index in [9.17, 15) is 13.2 Å². The van der Waals surface area contributed by atoms with E-state index in [1.54, 1.807) is 0 Å². The molecule has 28 heavy (non-hydrogen) atoms. The van der Waals surface area contributed by atoms with Crippen molar-refractivity contribution in [3.05, 3.63) is 58.1 Å². The van der Waals surface area contributed by atoms with Gasteiger partial charge in [0.05, 0.1) is 28.6 Å². The molecule has 1 atom stereocenters. The highest BCUT2D eigenvalue weighted by Crippen LogP contribution is 2.29. The maximum atomic E-state index is 12.6. The van der Waals surface area contributed by atoms with Gasteiger partial charge in [0.1, 0.15) is 11.8 Å². The van der Waals surface area contributed by atoms with Gasteiger partial charge in [-0.3, -0.25) is 9.10 Å². The van der Waals surface area contributed by atoms with Crippen molar-refractivity contribution in [1.29, 1.82) is 0 Å². The van der Waals surface area contributed by atoms with Crippen molar-refractivity contribution >= 4 is 44.8 Å². The van der Waals surface area contributed by atoms with Gasteiger partial charge in [0.25, 0.3) is 0 Å². The molecule has 0 saturated carbocycles. The molecule has 2 aromatic carbocycles. The quantitative estimate of drug-likeness (QED) is 0.670. The van der Waals surface area contributed by atoms with Crippen molar-refractivity contribution in [3.8, 4) is 5.75 Å². The maximum Gasteiger partial charge on any atom is 0.243 e. The Bertz CT molecular complexity index is 933. The third-order valence-electron chi connectivity index (χ3n) is 3.95. The molecule has 0 aromatic heterocycles. The molecular weight excluding hydrogens is 423 g/mol. The summed E-state index contributed by atoms with van der Waals surface area (Å²) in [6.07, 6.45) is 1.03. The predicted octanol–water partition coefficient (Wildman–Crippen LogP) is 3.86. The average molecular weight is 445 g/mol. The lowest BCUT2D eigenvalue weighted by Gasteiger charge is -2.28. The van der Waals surface area contributed by atoms with Crippen molar-refractivity contribution in [2.45, 2.75) is 26.4 Å². The minimum absolute atomic E-state index is 0.204. The SMILES string of the molecule is CCOc1ccc(CNC(=O)[C@@H](C)N(c2ccc(Cl)c(Cl)c2)S(C)(=O)=O)cc1. The van der Waals surface area contributed by atoms with E-state index in [0.717, 1.165) is 21.9 Å². The molecule has 0 radical (unpaired) electrons. The topological polar surface area (TPSA) is 75.7 Å². The van der Waals surface area contributed by atoms with Crippen LogP contribution in [-0.4, -0.2) is 33.2 Å². The van der Waals surface area contributed by atoms with Gasteiger partial charge < -0.3 is 10.1 Å². The largest absolute Gasteiger partial charge is 0.494 e. The van der Waals surface area contributed by atoms with Crippen molar-refractivity contribution in [2.75, 3.05) is 17.2 Å². The number of anilines is 1. The summed E-state index contributed by atoms with van der Waals surface area (Å²) in [5, 5.41) is 3.25. The fourth-order valence-corrected chi connectivity index (χ4v) is 4.10. The second-order valence-corrected chi connectivity index (χ2v) is 8.80. The van der Waals surface area contributed by atoms with Crippen LogP contribution in [0.2, 0.25) is 10.0 Å². The molecule has 0 aliphatic heterocycles. The van der Waals surface area contributed by atoms with E-state index >= 15 is 0 Å². The molecule has 6 nitrogen and oxygen atoms in total. The van der Waals surface area contributed by atoms with Crippen molar-refractivity contribution < 1.29 is 17.9 Å². The van der Waals surface area contributed by atoms with Crippen LogP contribution in [0.5, 0.6) is 5.75 Å². The number of ether oxygens (including phenoxy) is 1. The zero-order chi connectivity index (χ0) is 20.9. The van der Waals surface area contributed by atoms with Crippen molar-refractivity contribution in [3.63, 3.8) is 0 Å². The van der Waals surface area contributed by atoms with Crippen LogP contribution < -0.4 is 14.4 Å². The molecule has 2 aromatic rings. The van der Waals surface area contributed by atoms with Gasteiger partial charge in [-0.15, -0.1) is 0 Å². The molecule has 0 spiro atoms. The molecule has 1 amide bonds. The molecular formula is C19H22Cl2N2O4S. The lowest BCUT2D eigenvalue weighted by Crippen LogP contribution is -2.47. The number of amides is 1. The molecule has 1 N–H and O–H groups in total. The number of benzene rings is 2. The van der Waals surface area contributed by atoms with Crippen LogP contribution in [0.15, 0.2) is 42.5 Å². The van der Waals surface area contributed by atoms with Crippen LogP contribution in [0.3, 0.4) is 0 Å². The number of rotatable bonds is 8. The number of carbonyl (C=O) groups excluding carboxylic acids is 1. The van der Waals surface area contributed by atoms with Crippen LogP contribution in [0.25, 0.3) is 0 Å². The van der Waals surface area contributed by atoms with Crippen molar-refractivity contribution in [2.24, 2.45) is 0 Å². The summed E-state index contributed by atoms with van der Waals surface area (Å²) in [7, 11) is -3.73. The van der Waals surface area contributed by atoms with E-state index in [-0.39, 0.29) is 17.3 Å². The highest BCUT2D eigenvalue weighted by atomic mass is 35.5. The first-order chi connectivity index (χ1) is 13.1. The molecule has 0 unspecified atom stereocenters. The smallest absolute Gasteiger partial charge is 0.243 e. The highest BCUT2D eigenvalue weighted by Gasteiger charge is 2.29. The van der Waals surface area contributed by atoms with E-state index in [1.807, 2.05) is 31.2 Å². The van der Waals surface area contributed by atoms with Gasteiger partial charge >= 0.3 is 0 Å². The summed E-state index contributed by atoms with van der Waals surface area (Å²) >= 11 is 11.9. The summed E-state index contributed by atoms with van der Waals surface area (Å²) in [4.78, 5) is 12.6. The van der Waals surface area contributed by atoms with Crippen LogP contribution in [0.1, 0.15) is 19.4 Å². The molecule has 0 saturated heterocycles. The number of halogens is 2. The Labute approximate surface area is 175 Å². The lowest BCUT2D eigenvalue weighted by atomic mass is 10.2. The Morgan fingerprint density at radius 3 is 2.32 bits per heavy atom. The van der Waals surface area contributed by atoms with Gasteiger partial charge in [-0.1, -0.05) is 35.3 Å². The van der Waals surface area contributed by atoms with E-state index in [0.29, 0.717) is 11.6 Å². The summed E-state index contributed by atoms with van der Waals surface area (Å²) in [6, 6.07) is 10.7. The second-order valence-electron chi connectivity index (χ2n) is 6.13. The predicted molar refractivity (Wildman–Crippen MR) is 113 cm³/mol. The third-order valence-corrected chi connectivity index (χ3v) is 5.93. The van der Waals surface area contributed by atoms with Gasteiger partial charge in [0.2, 0.25) is 15.9 Å². The van der Waals surface area contributed by atoms with E-state index in [4.69, 9.17) is 27.9 Å². The Hall–Kier alpha value is -1.96. The summed E-state index contributed by atoms with van der Waals surface area (Å²) in [6.45, 7) is 4.24. The molecule has 0 aliphatic rings. The van der Waals surface area contributed by atoms with Crippen molar-refractivity contribution in [1.82, 2.24) is 5.32 Å². The number of hydrogen-bond donors (Lipinski definition) is 1. The first-order valence-electron chi connectivity index (χ1n) is 8.57. The van der Waals surface area contributed by atoms with Gasteiger partial charge in [-0.05, 0) is 49.7 Å². The van der Waals surface area contributed by atoms with Crippen LogP contribution in [0, 0.1) is 0 Å². The maximum absolute atomic E-state index is 12.6. The summed E-state index contributed by atoms with van der Waals surface area (Å²) in [5.41, 5.74) is 1.13. The third kappa shape index (κ3) is 5.77. The van der Waals surface area contributed by atoms with Gasteiger partial charge in [0.15, 0.2) is 0 Å². The van der Waals surface area contributed by atoms with Crippen LogP contribution in [-0.2, 0) is 21.4 Å². The van der Waals surface area contributed by atoms with E-state index < -0.39 is 22.0 Å². The van der Waals surface area contributed by atoms with E-state index in [2.05, 4.69) is 5.32 Å². The number of nitrogens with one attached hydrogen (secondary N) is 1. The number of sulfonamides is 1. The average Bonchev–Trinajstić information content (AvgIpc) is 2.63. The van der Waals surface area contributed by atoms with Crippen LogP contribution in [0.4, 0.5) is 5.69 Å². The summed E-state index contributed by atoms with van der Waals surface area (Å²) < 4.78 is 31.0. The molecule has 0 heterocycles. The number of hydrogen-bond acceptors (Lipinski definition) is 4. The van der Waals surface area contributed by atoms with Gasteiger partial charge in [-0.25, -0.2) is 8.42 Å². The minimum Gasteiger partial charge on any atom is -0.494 e. The molecule has 9 heteroatoms. The number of nitrogens with zero attached hydrogens (tertiary/aromatic N) is 1. The summed E-state index contributed by atoms with van der Waals surface area (Å²) in [5.74, 6) is 0.305. The molecule has 152 valence electrons. The number of carbonyl (C=O) groups is 1. The van der Waals surface area contributed by atoms with Crippen LogP contribution >= 0.6 is 23.2 Å². The Morgan fingerprint density at radius 2 is 1.79 bits per heavy atom. The standard InChI is InChI=1S/C19H22Cl2N2O4S/c1-4-27-16-8-5-14(6-9-16)12-22-19(24)13(2)23(28(3,25)26)15-7-10-17(20)18(21)11-15/h5-11,13H,4,12H2,1-3H3,(H,22,24)/t13-/m1/s1. The fourth-order valence-electron chi connectivity index (χ4n) is 2.64. The minimum atomic E-state index is -3.73. The Balaban J connectivity index is 2.14. The first kappa shape index (κ1) is 22.3. The zero-order valence-electron chi connectivity index (χ0n) is 15.8. The molecule has 2 rings (SSSR count). The highest BCUT2D eigenvalue weighted by molar-refractivity contribution is 7.92. The fraction of sp³-hybridized carbons (Fsp3) is 0.316.